The van der Waals surface area contributed by atoms with Crippen molar-refractivity contribution in [3.63, 3.8) is 0 Å². The molecule has 1 amide bonds. The fourth-order valence-corrected chi connectivity index (χ4v) is 3.18. The minimum absolute atomic E-state index is 0.0959. The van der Waals surface area contributed by atoms with Crippen LogP contribution in [0.15, 0.2) is 53.6 Å². The van der Waals surface area contributed by atoms with E-state index >= 15 is 0 Å². The molecular weight excluding hydrogens is 378 g/mol. The fraction of sp³-hybridized carbons (Fsp3) is 0.143. The number of phenols is 1. The highest BCUT2D eigenvalue weighted by atomic mass is 35.5. The van der Waals surface area contributed by atoms with Crippen molar-refractivity contribution in [1.29, 1.82) is 0 Å². The largest absolute Gasteiger partial charge is 0.507 e. The van der Waals surface area contributed by atoms with Crippen LogP contribution >= 0.6 is 11.6 Å². The van der Waals surface area contributed by atoms with Crippen LogP contribution in [0.25, 0.3) is 5.69 Å². The lowest BCUT2D eigenvalue weighted by Gasteiger charge is -2.14. The molecule has 0 bridgehead atoms. The predicted octanol–water partition coefficient (Wildman–Crippen LogP) is 4.23. The Morgan fingerprint density at radius 3 is 2.68 bits per heavy atom. The first-order chi connectivity index (χ1) is 13.4. The van der Waals surface area contributed by atoms with E-state index in [1.807, 2.05) is 36.6 Å². The maximum absolute atomic E-state index is 12.1. The van der Waals surface area contributed by atoms with E-state index in [1.165, 1.54) is 12.1 Å². The van der Waals surface area contributed by atoms with Crippen LogP contribution in [0.3, 0.4) is 0 Å². The van der Waals surface area contributed by atoms with Crippen molar-refractivity contribution in [2.45, 2.75) is 13.8 Å². The normalized spacial score (nSPS) is 11.0. The van der Waals surface area contributed by atoms with Crippen molar-refractivity contribution < 1.29 is 14.6 Å². The van der Waals surface area contributed by atoms with Gasteiger partial charge in [0.25, 0.3) is 5.91 Å². The molecule has 1 heterocycles. The molecule has 2 N–H and O–H groups in total. The number of hydrogen-bond acceptors (Lipinski definition) is 4. The van der Waals surface area contributed by atoms with Crippen LogP contribution in [-0.4, -0.2) is 28.9 Å². The minimum atomic E-state index is -0.486. The van der Waals surface area contributed by atoms with Gasteiger partial charge in [-0.25, -0.2) is 5.43 Å². The van der Waals surface area contributed by atoms with Gasteiger partial charge in [0.15, 0.2) is 0 Å². The molecule has 0 saturated carbocycles. The molecule has 1 aromatic heterocycles. The van der Waals surface area contributed by atoms with Crippen molar-refractivity contribution in [1.82, 2.24) is 9.99 Å². The third kappa shape index (κ3) is 3.87. The number of halogens is 1. The smallest absolute Gasteiger partial charge is 0.275 e. The molecule has 0 aliphatic rings. The second kappa shape index (κ2) is 8.19. The van der Waals surface area contributed by atoms with Gasteiger partial charge < -0.3 is 14.4 Å². The van der Waals surface area contributed by atoms with Gasteiger partial charge in [-0.1, -0.05) is 23.7 Å². The summed E-state index contributed by atoms with van der Waals surface area (Å²) in [6.45, 7) is 3.91. The predicted molar refractivity (Wildman–Crippen MR) is 110 cm³/mol. The third-order valence-electron chi connectivity index (χ3n) is 4.37. The van der Waals surface area contributed by atoms with Gasteiger partial charge in [-0.2, -0.15) is 5.10 Å². The maximum Gasteiger partial charge on any atom is 0.275 e. The zero-order valence-corrected chi connectivity index (χ0v) is 16.5. The molecule has 0 aliphatic carbocycles. The van der Waals surface area contributed by atoms with Crippen LogP contribution in [-0.2, 0) is 0 Å². The summed E-state index contributed by atoms with van der Waals surface area (Å²) in [5.41, 5.74) is 6.12. The van der Waals surface area contributed by atoms with E-state index in [2.05, 4.69) is 10.5 Å². The van der Waals surface area contributed by atoms with Crippen LogP contribution in [0.1, 0.15) is 27.3 Å². The zero-order valence-electron chi connectivity index (χ0n) is 15.7. The Balaban J connectivity index is 1.87. The van der Waals surface area contributed by atoms with E-state index in [0.29, 0.717) is 10.8 Å². The number of methoxy groups -OCH3 is 1. The Morgan fingerprint density at radius 2 is 1.96 bits per heavy atom. The Bertz CT molecular complexity index is 1060. The summed E-state index contributed by atoms with van der Waals surface area (Å²) in [7, 11) is 1.61. The quantitative estimate of drug-likeness (QED) is 0.499. The Kier molecular flexibility index (Phi) is 5.70. The molecular formula is C21H20ClN3O3. The molecule has 0 radical (unpaired) electrons. The highest BCUT2D eigenvalue weighted by molar-refractivity contribution is 6.30. The SMILES string of the molecule is COc1ccc(Cl)cc1-n1c(C)cc(/C=N\NC(=O)c2ccccc2O)c1C. The molecule has 144 valence electrons. The summed E-state index contributed by atoms with van der Waals surface area (Å²) in [6.07, 6.45) is 1.56. The van der Waals surface area contributed by atoms with Gasteiger partial charge in [-0.05, 0) is 50.2 Å². The number of nitrogens with zero attached hydrogens (tertiary/aromatic N) is 2. The number of aryl methyl sites for hydroxylation is 1. The van der Waals surface area contributed by atoms with E-state index in [4.69, 9.17) is 16.3 Å². The number of amides is 1. The lowest BCUT2D eigenvalue weighted by Crippen LogP contribution is -2.17. The molecule has 3 rings (SSSR count). The number of benzene rings is 2. The second-order valence-electron chi connectivity index (χ2n) is 6.19. The van der Waals surface area contributed by atoms with Gasteiger partial charge in [0, 0.05) is 22.0 Å². The van der Waals surface area contributed by atoms with Crippen molar-refractivity contribution in [3.8, 4) is 17.2 Å². The number of hydrazone groups is 1. The van der Waals surface area contributed by atoms with Crippen LogP contribution < -0.4 is 10.2 Å². The summed E-state index contributed by atoms with van der Waals surface area (Å²) in [5.74, 6) is 0.114. The summed E-state index contributed by atoms with van der Waals surface area (Å²) in [6, 6.07) is 13.7. The van der Waals surface area contributed by atoms with Crippen LogP contribution in [0, 0.1) is 13.8 Å². The first kappa shape index (κ1) is 19.5. The van der Waals surface area contributed by atoms with Gasteiger partial charge in [0.2, 0.25) is 0 Å². The monoisotopic (exact) mass is 397 g/mol. The van der Waals surface area contributed by atoms with Crippen molar-refractivity contribution in [2.75, 3.05) is 7.11 Å². The lowest BCUT2D eigenvalue weighted by molar-refractivity contribution is 0.0952. The molecule has 3 aromatic rings. The van der Waals surface area contributed by atoms with E-state index < -0.39 is 5.91 Å². The molecule has 7 heteroatoms. The molecule has 0 atom stereocenters. The number of hydrogen-bond donors (Lipinski definition) is 2. The number of ether oxygens (including phenoxy) is 1. The molecule has 0 saturated heterocycles. The van der Waals surface area contributed by atoms with E-state index in [1.54, 1.807) is 31.5 Å². The van der Waals surface area contributed by atoms with Crippen molar-refractivity contribution >= 4 is 23.7 Å². The summed E-state index contributed by atoms with van der Waals surface area (Å²) in [4.78, 5) is 12.1. The van der Waals surface area contributed by atoms with Crippen molar-refractivity contribution in [2.24, 2.45) is 5.10 Å². The molecule has 0 fully saturated rings. The first-order valence-corrected chi connectivity index (χ1v) is 8.94. The number of nitrogens with one attached hydrogen (secondary N) is 1. The topological polar surface area (TPSA) is 75.8 Å². The van der Waals surface area contributed by atoms with Crippen LogP contribution in [0.2, 0.25) is 5.02 Å². The fourth-order valence-electron chi connectivity index (χ4n) is 3.01. The standard InChI is InChI=1S/C21H20ClN3O3/c1-13-10-15(12-23-24-21(27)17-6-4-5-7-19(17)26)14(2)25(13)18-11-16(22)8-9-20(18)28-3/h4-12,26H,1-3H3,(H,24,27)/b23-12-. The first-order valence-electron chi connectivity index (χ1n) is 8.56. The maximum atomic E-state index is 12.1. The van der Waals surface area contributed by atoms with Gasteiger partial charge in [0.05, 0.1) is 24.6 Å². The number of phenolic OH excluding ortho intramolecular Hbond substituents is 1. The van der Waals surface area contributed by atoms with Gasteiger partial charge in [0.1, 0.15) is 11.5 Å². The van der Waals surface area contributed by atoms with Gasteiger partial charge >= 0.3 is 0 Å². The number of para-hydroxylation sites is 1. The molecule has 0 unspecified atom stereocenters. The number of aromatic nitrogens is 1. The molecule has 2 aromatic carbocycles. The summed E-state index contributed by atoms with van der Waals surface area (Å²) >= 11 is 6.16. The number of carbonyl (C=O) groups excluding carboxylic acids is 1. The highest BCUT2D eigenvalue weighted by Gasteiger charge is 2.14. The van der Waals surface area contributed by atoms with Crippen LogP contribution in [0.4, 0.5) is 0 Å². The molecule has 0 spiro atoms. The third-order valence-corrected chi connectivity index (χ3v) is 4.61. The number of aromatic hydroxyl groups is 1. The Labute approximate surface area is 168 Å². The minimum Gasteiger partial charge on any atom is -0.507 e. The zero-order chi connectivity index (χ0) is 20.3. The van der Waals surface area contributed by atoms with Crippen LogP contribution in [0.5, 0.6) is 11.5 Å². The van der Waals surface area contributed by atoms with E-state index in [0.717, 1.165) is 22.6 Å². The average molecular weight is 398 g/mol. The number of rotatable bonds is 5. The summed E-state index contributed by atoms with van der Waals surface area (Å²) in [5, 5.41) is 14.4. The number of carbonyl (C=O) groups is 1. The van der Waals surface area contributed by atoms with E-state index in [-0.39, 0.29) is 11.3 Å². The molecule has 28 heavy (non-hydrogen) atoms. The molecule has 6 nitrogen and oxygen atoms in total. The van der Waals surface area contributed by atoms with Crippen molar-refractivity contribution in [3.05, 3.63) is 76.1 Å². The van der Waals surface area contributed by atoms with Gasteiger partial charge in [-0.3, -0.25) is 4.79 Å². The van der Waals surface area contributed by atoms with E-state index in [9.17, 15) is 9.90 Å². The lowest BCUT2D eigenvalue weighted by atomic mass is 10.2. The Morgan fingerprint density at radius 1 is 1.21 bits per heavy atom. The van der Waals surface area contributed by atoms with Gasteiger partial charge in [-0.15, -0.1) is 0 Å². The average Bonchev–Trinajstić information content (AvgIpc) is 2.95. The Hall–Kier alpha value is -3.25. The molecule has 0 aliphatic heterocycles. The highest BCUT2D eigenvalue weighted by Crippen LogP contribution is 2.30. The second-order valence-corrected chi connectivity index (χ2v) is 6.63. The summed E-state index contributed by atoms with van der Waals surface area (Å²) < 4.78 is 7.46.